The van der Waals surface area contributed by atoms with Crippen LogP contribution in [0.3, 0.4) is 0 Å². The molecule has 0 bridgehead atoms. The Balaban J connectivity index is 1.35. The minimum Gasteiger partial charge on any atom is -0.487 e. The molecule has 0 aliphatic rings. The third-order valence-corrected chi connectivity index (χ3v) is 7.20. The molecule has 0 heterocycles. The Morgan fingerprint density at radius 3 is 1.65 bits per heavy atom. The standard InChI is InChI=1S/C34H36ClFO/c1-3-5-7-8-25-10-14-27(15-11-25)29-18-20-30(21-19-29)28-16-12-26(13-17-28)24-37-32-23-22-31(9-6-4-2)34(36)33(32)35/h10-23H,3-9,24H2,1-2H3. The Kier molecular flexibility index (Phi) is 9.79. The zero-order valence-corrected chi connectivity index (χ0v) is 22.7. The van der Waals surface area contributed by atoms with Crippen LogP contribution < -0.4 is 4.74 Å². The predicted molar refractivity (Wildman–Crippen MR) is 155 cm³/mol. The van der Waals surface area contributed by atoms with Gasteiger partial charge in [0.05, 0.1) is 0 Å². The van der Waals surface area contributed by atoms with E-state index in [9.17, 15) is 4.39 Å². The van der Waals surface area contributed by atoms with E-state index in [2.05, 4.69) is 74.5 Å². The second kappa shape index (κ2) is 13.4. The van der Waals surface area contributed by atoms with E-state index in [1.807, 2.05) is 12.1 Å². The van der Waals surface area contributed by atoms with E-state index in [0.29, 0.717) is 24.3 Å². The molecule has 0 atom stereocenters. The maximum absolute atomic E-state index is 14.6. The van der Waals surface area contributed by atoms with Gasteiger partial charge in [-0.2, -0.15) is 0 Å². The third-order valence-electron chi connectivity index (χ3n) is 6.85. The number of ether oxygens (including phenoxy) is 1. The molecule has 192 valence electrons. The molecule has 3 heteroatoms. The molecule has 0 radical (unpaired) electrons. The van der Waals surface area contributed by atoms with Crippen LogP contribution in [0.15, 0.2) is 84.9 Å². The lowest BCUT2D eigenvalue weighted by molar-refractivity contribution is 0.304. The van der Waals surface area contributed by atoms with Crippen molar-refractivity contribution in [1.29, 1.82) is 0 Å². The maximum atomic E-state index is 14.6. The molecular weight excluding hydrogens is 479 g/mol. The van der Waals surface area contributed by atoms with Gasteiger partial charge in [0.25, 0.3) is 0 Å². The van der Waals surface area contributed by atoms with Gasteiger partial charge < -0.3 is 4.74 Å². The minimum atomic E-state index is -0.366. The molecule has 0 spiro atoms. The van der Waals surface area contributed by atoms with Crippen LogP contribution in [-0.4, -0.2) is 0 Å². The first-order chi connectivity index (χ1) is 18.1. The molecule has 1 nitrogen and oxygen atoms in total. The molecule has 37 heavy (non-hydrogen) atoms. The first-order valence-electron chi connectivity index (χ1n) is 13.5. The number of hydrogen-bond donors (Lipinski definition) is 0. The fraction of sp³-hybridized carbons (Fsp3) is 0.294. The van der Waals surface area contributed by atoms with Gasteiger partial charge in [0, 0.05) is 0 Å². The number of aryl methyl sites for hydroxylation is 2. The molecule has 4 aromatic carbocycles. The van der Waals surface area contributed by atoms with Crippen molar-refractivity contribution in [2.75, 3.05) is 0 Å². The van der Waals surface area contributed by atoms with Crippen molar-refractivity contribution in [3.05, 3.63) is 112 Å². The zero-order chi connectivity index (χ0) is 26.0. The van der Waals surface area contributed by atoms with E-state index >= 15 is 0 Å². The van der Waals surface area contributed by atoms with Gasteiger partial charge in [-0.25, -0.2) is 4.39 Å². The summed E-state index contributed by atoms with van der Waals surface area (Å²) in [4.78, 5) is 0. The summed E-state index contributed by atoms with van der Waals surface area (Å²) < 4.78 is 20.4. The van der Waals surface area contributed by atoms with Crippen LogP contribution in [0, 0.1) is 5.82 Å². The SMILES string of the molecule is CCCCCc1ccc(-c2ccc(-c3ccc(COc4ccc(CCCC)c(F)c4Cl)cc3)cc2)cc1. The molecule has 0 N–H and O–H groups in total. The number of benzene rings is 4. The van der Waals surface area contributed by atoms with Gasteiger partial charge in [0.15, 0.2) is 0 Å². The molecule has 0 fully saturated rings. The van der Waals surface area contributed by atoms with Gasteiger partial charge >= 0.3 is 0 Å². The first kappa shape index (κ1) is 26.9. The van der Waals surface area contributed by atoms with Crippen LogP contribution in [0.5, 0.6) is 5.75 Å². The molecule has 4 aromatic rings. The summed E-state index contributed by atoms with van der Waals surface area (Å²) in [7, 11) is 0. The van der Waals surface area contributed by atoms with Crippen molar-refractivity contribution in [3.63, 3.8) is 0 Å². The summed E-state index contributed by atoms with van der Waals surface area (Å²) in [5, 5.41) is 0.0662. The zero-order valence-electron chi connectivity index (χ0n) is 21.9. The Labute approximate surface area is 226 Å². The summed E-state index contributed by atoms with van der Waals surface area (Å²) in [6, 6.07) is 29.5. The van der Waals surface area contributed by atoms with Gasteiger partial charge in [0.2, 0.25) is 0 Å². The van der Waals surface area contributed by atoms with Crippen molar-refractivity contribution in [2.24, 2.45) is 0 Å². The monoisotopic (exact) mass is 514 g/mol. The number of halogens is 2. The lowest BCUT2D eigenvalue weighted by Crippen LogP contribution is -1.99. The van der Waals surface area contributed by atoms with Crippen molar-refractivity contribution in [1.82, 2.24) is 0 Å². The number of hydrogen-bond acceptors (Lipinski definition) is 1. The first-order valence-corrected chi connectivity index (χ1v) is 13.8. The Morgan fingerprint density at radius 1 is 0.595 bits per heavy atom. The van der Waals surface area contributed by atoms with Gasteiger partial charge in [-0.15, -0.1) is 0 Å². The van der Waals surface area contributed by atoms with Gasteiger partial charge in [-0.3, -0.25) is 0 Å². The van der Waals surface area contributed by atoms with Crippen molar-refractivity contribution in [2.45, 2.75) is 65.4 Å². The fourth-order valence-corrected chi connectivity index (χ4v) is 4.74. The highest BCUT2D eigenvalue weighted by Crippen LogP contribution is 2.31. The highest BCUT2D eigenvalue weighted by molar-refractivity contribution is 6.32. The molecule has 0 unspecified atom stereocenters. The largest absolute Gasteiger partial charge is 0.487 e. The topological polar surface area (TPSA) is 9.23 Å². The van der Waals surface area contributed by atoms with Gasteiger partial charge in [-0.1, -0.05) is 124 Å². The summed E-state index contributed by atoms with van der Waals surface area (Å²) in [6.07, 6.45) is 7.61. The lowest BCUT2D eigenvalue weighted by atomic mass is 9.98. The maximum Gasteiger partial charge on any atom is 0.148 e. The fourth-order valence-electron chi connectivity index (χ4n) is 4.50. The molecule has 0 aromatic heterocycles. The molecule has 0 saturated heterocycles. The van der Waals surface area contributed by atoms with E-state index in [0.717, 1.165) is 30.4 Å². The second-order valence-corrected chi connectivity index (χ2v) is 10.0. The Hall–Kier alpha value is -3.10. The second-order valence-electron chi connectivity index (χ2n) is 9.67. The lowest BCUT2D eigenvalue weighted by Gasteiger charge is -2.12. The van der Waals surface area contributed by atoms with E-state index < -0.39 is 0 Å². The number of rotatable bonds is 12. The van der Waals surface area contributed by atoms with E-state index in [1.165, 1.54) is 41.5 Å². The van der Waals surface area contributed by atoms with Crippen LogP contribution in [0.4, 0.5) is 4.39 Å². The molecular formula is C34H36ClFO. The summed E-state index contributed by atoms with van der Waals surface area (Å²) >= 11 is 6.24. The molecule has 0 aliphatic carbocycles. The summed E-state index contributed by atoms with van der Waals surface area (Å²) in [5.74, 6) is 0.0161. The van der Waals surface area contributed by atoms with Crippen LogP contribution in [0.1, 0.15) is 62.6 Å². The van der Waals surface area contributed by atoms with Gasteiger partial charge in [0.1, 0.15) is 23.2 Å². The Morgan fingerprint density at radius 2 is 1.11 bits per heavy atom. The molecule has 0 saturated carbocycles. The quantitative estimate of drug-likeness (QED) is 0.171. The van der Waals surface area contributed by atoms with E-state index in [4.69, 9.17) is 16.3 Å². The predicted octanol–water partition coefficient (Wildman–Crippen LogP) is 10.5. The van der Waals surface area contributed by atoms with Gasteiger partial charge in [-0.05, 0) is 70.7 Å². The average Bonchev–Trinajstić information content (AvgIpc) is 2.94. The third kappa shape index (κ3) is 7.23. The normalized spacial score (nSPS) is 11.0. The molecule has 4 rings (SSSR count). The average molecular weight is 515 g/mol. The van der Waals surface area contributed by atoms with E-state index in [1.54, 1.807) is 12.1 Å². The summed E-state index contributed by atoms with van der Waals surface area (Å²) in [6.45, 7) is 4.66. The van der Waals surface area contributed by atoms with Crippen LogP contribution in [0.25, 0.3) is 22.3 Å². The highest BCUT2D eigenvalue weighted by atomic mass is 35.5. The molecule has 0 amide bonds. The van der Waals surface area contributed by atoms with Crippen LogP contribution in [-0.2, 0) is 19.4 Å². The number of unbranched alkanes of at least 4 members (excludes halogenated alkanes) is 3. The summed E-state index contributed by atoms with van der Waals surface area (Å²) in [5.41, 5.74) is 7.84. The van der Waals surface area contributed by atoms with E-state index in [-0.39, 0.29) is 10.8 Å². The van der Waals surface area contributed by atoms with Crippen molar-refractivity contribution in [3.8, 4) is 28.0 Å². The van der Waals surface area contributed by atoms with Crippen LogP contribution in [0.2, 0.25) is 5.02 Å². The molecule has 0 aliphatic heterocycles. The van der Waals surface area contributed by atoms with Crippen molar-refractivity contribution < 1.29 is 9.13 Å². The van der Waals surface area contributed by atoms with Crippen molar-refractivity contribution >= 4 is 11.6 Å². The van der Waals surface area contributed by atoms with Crippen LogP contribution >= 0.6 is 11.6 Å². The minimum absolute atomic E-state index is 0.0662. The Bertz CT molecular complexity index is 1260. The smallest absolute Gasteiger partial charge is 0.148 e. The highest BCUT2D eigenvalue weighted by Gasteiger charge is 2.13.